The first-order valence-corrected chi connectivity index (χ1v) is 6.26. The van der Waals surface area contributed by atoms with Crippen molar-refractivity contribution in [2.45, 2.75) is 33.8 Å². The van der Waals surface area contributed by atoms with Gasteiger partial charge in [0, 0.05) is 17.2 Å². The van der Waals surface area contributed by atoms with E-state index in [1.165, 1.54) is 0 Å². The van der Waals surface area contributed by atoms with E-state index in [0.717, 1.165) is 5.69 Å². The first-order valence-electron chi connectivity index (χ1n) is 6.26. The lowest BCUT2D eigenvalue weighted by molar-refractivity contribution is -0.148. The third-order valence-corrected chi connectivity index (χ3v) is 2.93. The molecule has 0 unspecified atom stereocenters. The first kappa shape index (κ1) is 12.9. The number of aromatic nitrogens is 1. The molecule has 1 aliphatic heterocycles. The highest BCUT2D eigenvalue weighted by molar-refractivity contribution is 5.82. The molecular weight excluding hydrogens is 228 g/mol. The van der Waals surface area contributed by atoms with Gasteiger partial charge in [-0.15, -0.1) is 0 Å². The molecule has 0 saturated carbocycles. The van der Waals surface area contributed by atoms with Crippen LogP contribution in [0.5, 0.6) is 5.88 Å². The summed E-state index contributed by atoms with van der Waals surface area (Å²) in [6, 6.07) is 5.71. The van der Waals surface area contributed by atoms with Crippen LogP contribution in [0.4, 0.5) is 0 Å². The molecule has 0 bridgehead atoms. The Kier molecular flexibility index (Phi) is 3.28. The van der Waals surface area contributed by atoms with Crippen LogP contribution in [0.15, 0.2) is 18.2 Å². The third-order valence-electron chi connectivity index (χ3n) is 2.93. The molecule has 1 saturated heterocycles. The Hall–Kier alpha value is -1.58. The molecule has 1 fully saturated rings. The Balaban J connectivity index is 1.85. The summed E-state index contributed by atoms with van der Waals surface area (Å²) in [6.07, 6.45) is 0.0746. The van der Waals surface area contributed by atoms with Crippen LogP contribution in [0, 0.1) is 12.3 Å². The fourth-order valence-corrected chi connectivity index (χ4v) is 1.91. The zero-order valence-corrected chi connectivity index (χ0v) is 11.4. The highest BCUT2D eigenvalue weighted by atomic mass is 16.5. The average Bonchev–Trinajstić information content (AvgIpc) is 2.20. The second-order valence-electron chi connectivity index (χ2n) is 5.82. The highest BCUT2D eigenvalue weighted by Gasteiger charge is 2.37. The third kappa shape index (κ3) is 2.81. The van der Waals surface area contributed by atoms with Gasteiger partial charge in [0.15, 0.2) is 0 Å². The lowest BCUT2D eigenvalue weighted by Crippen LogP contribution is -2.58. The summed E-state index contributed by atoms with van der Waals surface area (Å²) in [5.74, 6) is 0.822. The molecule has 0 radical (unpaired) electrons. The molecule has 1 aromatic heterocycles. The Bertz CT molecular complexity index is 445. The molecular formula is C14H20N2O2. The Labute approximate surface area is 108 Å². The highest BCUT2D eigenvalue weighted by Crippen LogP contribution is 2.23. The van der Waals surface area contributed by atoms with Gasteiger partial charge in [-0.3, -0.25) is 4.79 Å². The van der Waals surface area contributed by atoms with Gasteiger partial charge in [0.1, 0.15) is 6.10 Å². The van der Waals surface area contributed by atoms with Gasteiger partial charge in [0.25, 0.3) is 0 Å². The Morgan fingerprint density at radius 3 is 2.61 bits per heavy atom. The van der Waals surface area contributed by atoms with Gasteiger partial charge in [-0.25, -0.2) is 4.98 Å². The zero-order chi connectivity index (χ0) is 13.3. The molecule has 1 amide bonds. The van der Waals surface area contributed by atoms with E-state index >= 15 is 0 Å². The van der Waals surface area contributed by atoms with Crippen molar-refractivity contribution in [2.75, 3.05) is 13.1 Å². The lowest BCUT2D eigenvalue weighted by atomic mass is 9.93. The number of ether oxygens (including phenoxy) is 1. The minimum atomic E-state index is -0.313. The van der Waals surface area contributed by atoms with Crippen molar-refractivity contribution in [3.63, 3.8) is 0 Å². The molecule has 2 rings (SSSR count). The van der Waals surface area contributed by atoms with E-state index in [1.54, 1.807) is 0 Å². The minimum Gasteiger partial charge on any atom is -0.471 e. The molecule has 4 heteroatoms. The van der Waals surface area contributed by atoms with E-state index in [2.05, 4.69) is 4.98 Å². The largest absolute Gasteiger partial charge is 0.471 e. The number of hydrogen-bond donors (Lipinski definition) is 0. The summed E-state index contributed by atoms with van der Waals surface area (Å²) in [7, 11) is 0. The molecule has 1 aliphatic rings. The molecule has 98 valence electrons. The van der Waals surface area contributed by atoms with E-state index in [0.29, 0.717) is 19.0 Å². The van der Waals surface area contributed by atoms with Crippen LogP contribution in [0.3, 0.4) is 0 Å². The number of pyridine rings is 1. The quantitative estimate of drug-likeness (QED) is 0.804. The molecule has 1 aromatic rings. The van der Waals surface area contributed by atoms with Gasteiger partial charge in [-0.1, -0.05) is 26.8 Å². The number of nitrogens with zero attached hydrogens (tertiary/aromatic N) is 2. The topological polar surface area (TPSA) is 42.4 Å². The SMILES string of the molecule is Cc1cccc(OC2CN(C(=O)C(C)(C)C)C2)n1. The van der Waals surface area contributed by atoms with Crippen LogP contribution in [0.2, 0.25) is 0 Å². The zero-order valence-electron chi connectivity index (χ0n) is 11.4. The molecule has 0 N–H and O–H groups in total. The van der Waals surface area contributed by atoms with Gasteiger partial charge in [-0.2, -0.15) is 0 Å². The van der Waals surface area contributed by atoms with Crippen molar-refractivity contribution in [1.82, 2.24) is 9.88 Å². The lowest BCUT2D eigenvalue weighted by Gasteiger charge is -2.41. The van der Waals surface area contributed by atoms with Crippen LogP contribution in [-0.4, -0.2) is 35.0 Å². The van der Waals surface area contributed by atoms with E-state index in [-0.39, 0.29) is 17.4 Å². The smallest absolute Gasteiger partial charge is 0.228 e. The van der Waals surface area contributed by atoms with Crippen LogP contribution in [-0.2, 0) is 4.79 Å². The molecule has 2 heterocycles. The average molecular weight is 248 g/mol. The number of aryl methyl sites for hydroxylation is 1. The number of hydrogen-bond acceptors (Lipinski definition) is 3. The number of carbonyl (C=O) groups excluding carboxylic acids is 1. The van der Waals surface area contributed by atoms with Gasteiger partial charge < -0.3 is 9.64 Å². The van der Waals surface area contributed by atoms with E-state index in [4.69, 9.17) is 4.74 Å². The van der Waals surface area contributed by atoms with Gasteiger partial charge in [0.2, 0.25) is 11.8 Å². The molecule has 0 spiro atoms. The molecule has 18 heavy (non-hydrogen) atoms. The summed E-state index contributed by atoms with van der Waals surface area (Å²) in [5, 5.41) is 0. The number of amides is 1. The van der Waals surface area contributed by atoms with Gasteiger partial charge >= 0.3 is 0 Å². The maximum absolute atomic E-state index is 12.0. The second kappa shape index (κ2) is 4.59. The van der Waals surface area contributed by atoms with Crippen molar-refractivity contribution in [2.24, 2.45) is 5.41 Å². The number of likely N-dealkylation sites (tertiary alicyclic amines) is 1. The maximum Gasteiger partial charge on any atom is 0.228 e. The van der Waals surface area contributed by atoms with Crippen LogP contribution in [0.1, 0.15) is 26.5 Å². The Morgan fingerprint density at radius 1 is 1.39 bits per heavy atom. The summed E-state index contributed by atoms with van der Waals surface area (Å²) in [6.45, 7) is 9.06. The fourth-order valence-electron chi connectivity index (χ4n) is 1.91. The maximum atomic E-state index is 12.0. The van der Waals surface area contributed by atoms with Crippen molar-refractivity contribution in [1.29, 1.82) is 0 Å². The predicted octanol–water partition coefficient (Wildman–Crippen LogP) is 2.03. The summed E-state index contributed by atoms with van der Waals surface area (Å²) in [4.78, 5) is 18.1. The molecule has 0 atom stereocenters. The Morgan fingerprint density at radius 2 is 2.06 bits per heavy atom. The van der Waals surface area contributed by atoms with Crippen LogP contribution < -0.4 is 4.74 Å². The standard InChI is InChI=1S/C14H20N2O2/c1-10-6-5-7-12(15-10)18-11-8-16(9-11)13(17)14(2,3)4/h5-7,11H,8-9H2,1-4H3. The van der Waals surface area contributed by atoms with Crippen molar-refractivity contribution in [3.8, 4) is 5.88 Å². The first-order chi connectivity index (χ1) is 8.36. The van der Waals surface area contributed by atoms with Crippen molar-refractivity contribution >= 4 is 5.91 Å². The number of carbonyl (C=O) groups is 1. The van der Waals surface area contributed by atoms with Crippen molar-refractivity contribution in [3.05, 3.63) is 23.9 Å². The number of rotatable bonds is 2. The predicted molar refractivity (Wildman–Crippen MR) is 69.4 cm³/mol. The second-order valence-corrected chi connectivity index (χ2v) is 5.82. The molecule has 4 nitrogen and oxygen atoms in total. The fraction of sp³-hybridized carbons (Fsp3) is 0.571. The van der Waals surface area contributed by atoms with Gasteiger partial charge in [-0.05, 0) is 13.0 Å². The van der Waals surface area contributed by atoms with Crippen LogP contribution in [0.25, 0.3) is 0 Å². The van der Waals surface area contributed by atoms with Crippen molar-refractivity contribution < 1.29 is 9.53 Å². The molecule has 0 aromatic carbocycles. The summed E-state index contributed by atoms with van der Waals surface area (Å²) in [5.41, 5.74) is 0.626. The monoisotopic (exact) mass is 248 g/mol. The summed E-state index contributed by atoms with van der Waals surface area (Å²) < 4.78 is 5.72. The normalized spacial score (nSPS) is 16.3. The van der Waals surface area contributed by atoms with Crippen LogP contribution >= 0.6 is 0 Å². The summed E-state index contributed by atoms with van der Waals surface area (Å²) >= 11 is 0. The minimum absolute atomic E-state index is 0.0746. The molecule has 0 aliphatic carbocycles. The van der Waals surface area contributed by atoms with Gasteiger partial charge in [0.05, 0.1) is 13.1 Å². The van der Waals surface area contributed by atoms with E-state index in [1.807, 2.05) is 50.8 Å². The van der Waals surface area contributed by atoms with E-state index in [9.17, 15) is 4.79 Å². The van der Waals surface area contributed by atoms with E-state index < -0.39 is 0 Å².